The average Bonchev–Trinajstić information content (AvgIpc) is 2.94. The molecule has 0 bridgehead atoms. The predicted octanol–water partition coefficient (Wildman–Crippen LogP) is 13.4. The highest BCUT2D eigenvalue weighted by Crippen LogP contribution is 2.35. The maximum absolute atomic E-state index is 10.8. The van der Waals surface area contributed by atoms with Crippen molar-refractivity contribution in [2.75, 3.05) is 11.9 Å². The van der Waals surface area contributed by atoms with Crippen molar-refractivity contribution in [3.05, 3.63) is 0 Å². The Labute approximate surface area is 264 Å². The summed E-state index contributed by atoms with van der Waals surface area (Å²) in [6.07, 6.45) is 47.0. The normalized spacial score (nSPS) is 12.0. The zero-order valence-corrected chi connectivity index (χ0v) is 29.4. The van der Waals surface area contributed by atoms with Crippen LogP contribution >= 0.6 is 20.2 Å². The van der Waals surface area contributed by atoms with E-state index < -0.39 is 7.60 Å². The first kappa shape index (κ1) is 41.5. The van der Waals surface area contributed by atoms with Crippen molar-refractivity contribution in [2.24, 2.45) is 0 Å². The van der Waals surface area contributed by atoms with E-state index in [0.29, 0.717) is 6.42 Å². The molecule has 248 valence electrons. The van der Waals surface area contributed by atoms with Gasteiger partial charge in [0.05, 0.1) is 0 Å². The first-order valence-electron chi connectivity index (χ1n) is 18.7. The van der Waals surface area contributed by atoms with Crippen LogP contribution in [0.5, 0.6) is 0 Å². The predicted molar refractivity (Wildman–Crippen MR) is 188 cm³/mol. The molecule has 0 radical (unpaired) electrons. The molecule has 41 heavy (non-hydrogen) atoms. The van der Waals surface area contributed by atoms with Crippen LogP contribution in [0, 0.1) is 0 Å². The van der Waals surface area contributed by atoms with E-state index in [1.165, 1.54) is 199 Å². The van der Waals surface area contributed by atoms with Gasteiger partial charge in [-0.3, -0.25) is 4.57 Å². The third-order valence-corrected chi connectivity index (χ3v) is 10.1. The smallest absolute Gasteiger partial charge is 0.324 e. The van der Waals surface area contributed by atoms with Crippen molar-refractivity contribution < 1.29 is 14.4 Å². The van der Waals surface area contributed by atoms with Crippen molar-refractivity contribution >= 4 is 20.2 Å². The molecule has 0 amide bonds. The Morgan fingerprint density at radius 2 is 0.439 bits per heavy atom. The van der Waals surface area contributed by atoms with Gasteiger partial charge in [0.15, 0.2) is 0 Å². The second kappa shape index (κ2) is 35.0. The Bertz CT molecular complexity index is 525. The Morgan fingerprint density at radius 3 is 0.585 bits per heavy atom. The molecule has 0 saturated carbocycles. The van der Waals surface area contributed by atoms with E-state index in [1.807, 2.05) is 0 Å². The molecule has 0 aromatic heterocycles. The highest BCUT2D eigenvalue weighted by molar-refractivity contribution is 7.80. The van der Waals surface area contributed by atoms with Crippen molar-refractivity contribution in [1.82, 2.24) is 0 Å². The van der Waals surface area contributed by atoms with Crippen LogP contribution < -0.4 is 0 Å². The van der Waals surface area contributed by atoms with E-state index in [2.05, 4.69) is 12.6 Å². The van der Waals surface area contributed by atoms with Gasteiger partial charge in [0.2, 0.25) is 0 Å². The van der Waals surface area contributed by atoms with Crippen LogP contribution in [0.15, 0.2) is 0 Å². The van der Waals surface area contributed by atoms with E-state index in [9.17, 15) is 4.57 Å². The summed E-state index contributed by atoms with van der Waals surface area (Å²) in [6.45, 7) is 0. The SMILES string of the molecule is O=P(O)(O)CCCCCCCCCCCCCCCCCCCCCCCCCCCCCCCCCCCCS. The van der Waals surface area contributed by atoms with Crippen LogP contribution in [0.3, 0.4) is 0 Å². The standard InChI is InChI=1S/C36H75O3PS/c37-40(38,39)35-33-31-29-27-25-23-21-19-17-15-13-11-9-7-5-3-1-2-4-6-8-10-12-14-16-18-20-22-24-26-28-30-32-34-36-41/h41H,1-36H2,(H2,37,38,39). The molecule has 0 aliphatic rings. The van der Waals surface area contributed by atoms with Crippen LogP contribution in [0.1, 0.15) is 218 Å². The highest BCUT2D eigenvalue weighted by Gasteiger charge is 2.10. The summed E-state index contributed by atoms with van der Waals surface area (Å²) in [4.78, 5) is 17.7. The second-order valence-corrected chi connectivity index (χ2v) is 15.4. The summed E-state index contributed by atoms with van der Waals surface area (Å²) in [5.41, 5.74) is 0. The molecule has 0 atom stereocenters. The van der Waals surface area contributed by atoms with Crippen LogP contribution in [-0.2, 0) is 4.57 Å². The summed E-state index contributed by atoms with van der Waals surface area (Å²) < 4.78 is 10.8. The largest absolute Gasteiger partial charge is 0.325 e. The van der Waals surface area contributed by atoms with Crippen molar-refractivity contribution in [2.45, 2.75) is 218 Å². The lowest BCUT2D eigenvalue weighted by Gasteiger charge is -2.05. The lowest BCUT2D eigenvalue weighted by molar-refractivity contribution is 0.370. The van der Waals surface area contributed by atoms with Gasteiger partial charge in [-0.15, -0.1) is 0 Å². The van der Waals surface area contributed by atoms with Crippen molar-refractivity contribution in [3.63, 3.8) is 0 Å². The van der Waals surface area contributed by atoms with Crippen LogP contribution in [-0.4, -0.2) is 21.7 Å². The van der Waals surface area contributed by atoms with E-state index in [1.54, 1.807) is 0 Å². The number of rotatable bonds is 36. The van der Waals surface area contributed by atoms with Gasteiger partial charge in [-0.2, -0.15) is 12.6 Å². The molecule has 0 aliphatic heterocycles. The lowest BCUT2D eigenvalue weighted by atomic mass is 10.0. The van der Waals surface area contributed by atoms with Crippen LogP contribution in [0.2, 0.25) is 0 Å². The monoisotopic (exact) mass is 619 g/mol. The van der Waals surface area contributed by atoms with Gasteiger partial charge >= 0.3 is 7.60 Å². The summed E-state index contributed by atoms with van der Waals surface area (Å²) in [5, 5.41) is 0. The molecule has 0 heterocycles. The maximum atomic E-state index is 10.8. The van der Waals surface area contributed by atoms with E-state index in [-0.39, 0.29) is 6.16 Å². The fraction of sp³-hybridized carbons (Fsp3) is 1.00. The van der Waals surface area contributed by atoms with Crippen molar-refractivity contribution in [1.29, 1.82) is 0 Å². The first-order valence-corrected chi connectivity index (χ1v) is 21.1. The van der Waals surface area contributed by atoms with E-state index in [0.717, 1.165) is 18.6 Å². The minimum Gasteiger partial charge on any atom is -0.324 e. The molecule has 0 unspecified atom stereocenters. The minimum atomic E-state index is -3.77. The third kappa shape index (κ3) is 40.5. The maximum Gasteiger partial charge on any atom is 0.325 e. The molecule has 0 aliphatic carbocycles. The topological polar surface area (TPSA) is 57.5 Å². The van der Waals surface area contributed by atoms with Crippen molar-refractivity contribution in [3.8, 4) is 0 Å². The first-order chi connectivity index (χ1) is 20.1. The minimum absolute atomic E-state index is 0.0612. The Morgan fingerprint density at radius 1 is 0.293 bits per heavy atom. The molecule has 0 aromatic carbocycles. The molecule has 0 rings (SSSR count). The lowest BCUT2D eigenvalue weighted by Crippen LogP contribution is -1.88. The van der Waals surface area contributed by atoms with Gasteiger partial charge in [-0.05, 0) is 18.6 Å². The van der Waals surface area contributed by atoms with Gasteiger partial charge in [0.25, 0.3) is 0 Å². The van der Waals surface area contributed by atoms with E-state index in [4.69, 9.17) is 9.79 Å². The van der Waals surface area contributed by atoms with Gasteiger partial charge < -0.3 is 9.79 Å². The van der Waals surface area contributed by atoms with Crippen LogP contribution in [0.25, 0.3) is 0 Å². The number of thiol groups is 1. The number of hydrogen-bond acceptors (Lipinski definition) is 2. The number of hydrogen-bond donors (Lipinski definition) is 3. The Hall–Kier alpha value is 0.500. The number of unbranched alkanes of at least 4 members (excludes halogenated alkanes) is 33. The summed E-state index contributed by atoms with van der Waals surface area (Å²) in [6, 6.07) is 0. The summed E-state index contributed by atoms with van der Waals surface area (Å²) in [5.74, 6) is 1.06. The van der Waals surface area contributed by atoms with Crippen LogP contribution in [0.4, 0.5) is 0 Å². The van der Waals surface area contributed by atoms with Gasteiger partial charge in [-0.25, -0.2) is 0 Å². The quantitative estimate of drug-likeness (QED) is 0.0372. The van der Waals surface area contributed by atoms with E-state index >= 15 is 0 Å². The van der Waals surface area contributed by atoms with Gasteiger partial charge in [-0.1, -0.05) is 205 Å². The zero-order valence-electron chi connectivity index (χ0n) is 27.7. The third-order valence-electron chi connectivity index (χ3n) is 8.86. The fourth-order valence-electron chi connectivity index (χ4n) is 6.09. The second-order valence-electron chi connectivity index (χ2n) is 13.1. The Balaban J connectivity index is 3.05. The molecule has 2 N–H and O–H groups in total. The molecule has 3 nitrogen and oxygen atoms in total. The average molecular weight is 619 g/mol. The van der Waals surface area contributed by atoms with Gasteiger partial charge in [0, 0.05) is 6.16 Å². The molecular formula is C36H75O3PS. The molecule has 0 saturated heterocycles. The zero-order chi connectivity index (χ0) is 30.0. The summed E-state index contributed by atoms with van der Waals surface area (Å²) in [7, 11) is -3.77. The molecular weight excluding hydrogens is 543 g/mol. The summed E-state index contributed by atoms with van der Waals surface area (Å²) >= 11 is 4.28. The molecule has 5 heteroatoms. The molecule has 0 spiro atoms. The van der Waals surface area contributed by atoms with Gasteiger partial charge in [0.1, 0.15) is 0 Å². The highest BCUT2D eigenvalue weighted by atomic mass is 32.1. The molecule has 0 fully saturated rings. The molecule has 0 aromatic rings. The Kier molecular flexibility index (Phi) is 35.4. The fourth-order valence-corrected chi connectivity index (χ4v) is 6.95.